The van der Waals surface area contributed by atoms with Gasteiger partial charge in [-0.3, -0.25) is 4.79 Å². The standard InChI is InChI=1S/C8H11Cl2NO3/c9-6(10)4-7(12)11-3-1-2-5(11)8(13)14/h5-6H,1-4H2,(H,13,14)/t5-/m0/s1. The van der Waals surface area contributed by atoms with Crippen LogP contribution >= 0.6 is 23.2 Å². The second-order valence-electron chi connectivity index (χ2n) is 3.18. The minimum atomic E-state index is -0.962. The number of hydrogen-bond donors (Lipinski definition) is 1. The van der Waals surface area contributed by atoms with E-state index in [0.29, 0.717) is 13.0 Å². The van der Waals surface area contributed by atoms with Gasteiger partial charge in [0.15, 0.2) is 0 Å². The zero-order valence-corrected chi connectivity index (χ0v) is 8.96. The Bertz CT molecular complexity index is 245. The van der Waals surface area contributed by atoms with Crippen molar-refractivity contribution in [3.8, 4) is 0 Å². The van der Waals surface area contributed by atoms with Gasteiger partial charge in [0.2, 0.25) is 5.91 Å². The van der Waals surface area contributed by atoms with E-state index in [2.05, 4.69) is 0 Å². The molecule has 0 spiro atoms. The first-order chi connectivity index (χ1) is 6.52. The Balaban J connectivity index is 2.58. The SMILES string of the molecule is O=C(O)[C@@H]1CCCN1C(=O)CC(Cl)Cl. The van der Waals surface area contributed by atoms with Crippen molar-refractivity contribution in [2.24, 2.45) is 0 Å². The lowest BCUT2D eigenvalue weighted by molar-refractivity contribution is -0.148. The Kier molecular flexibility index (Phi) is 4.01. The van der Waals surface area contributed by atoms with Gasteiger partial charge in [-0.25, -0.2) is 4.79 Å². The third-order valence-corrected chi connectivity index (χ3v) is 2.50. The third-order valence-electron chi connectivity index (χ3n) is 2.19. The summed E-state index contributed by atoms with van der Waals surface area (Å²) in [5.41, 5.74) is 0. The predicted octanol–water partition coefficient (Wildman–Crippen LogP) is 1.26. The molecule has 1 fully saturated rings. The van der Waals surface area contributed by atoms with E-state index in [9.17, 15) is 9.59 Å². The maximum atomic E-state index is 11.5. The summed E-state index contributed by atoms with van der Waals surface area (Å²) in [7, 11) is 0. The fourth-order valence-corrected chi connectivity index (χ4v) is 1.84. The fourth-order valence-electron chi connectivity index (χ4n) is 1.57. The van der Waals surface area contributed by atoms with Gasteiger partial charge in [-0.05, 0) is 12.8 Å². The number of likely N-dealkylation sites (tertiary alicyclic amines) is 1. The molecule has 1 amide bonds. The van der Waals surface area contributed by atoms with E-state index in [1.807, 2.05) is 0 Å². The van der Waals surface area contributed by atoms with E-state index >= 15 is 0 Å². The van der Waals surface area contributed by atoms with Crippen LogP contribution in [0.15, 0.2) is 0 Å². The lowest BCUT2D eigenvalue weighted by Gasteiger charge is -2.21. The van der Waals surface area contributed by atoms with Gasteiger partial charge in [-0.2, -0.15) is 0 Å². The second-order valence-corrected chi connectivity index (χ2v) is 4.46. The second kappa shape index (κ2) is 4.84. The van der Waals surface area contributed by atoms with Crippen molar-refractivity contribution < 1.29 is 14.7 Å². The van der Waals surface area contributed by atoms with Gasteiger partial charge < -0.3 is 10.0 Å². The molecule has 0 aromatic carbocycles. The minimum absolute atomic E-state index is 0.0209. The number of amides is 1. The van der Waals surface area contributed by atoms with Gasteiger partial charge in [-0.15, -0.1) is 23.2 Å². The van der Waals surface area contributed by atoms with Crippen LogP contribution < -0.4 is 0 Å². The van der Waals surface area contributed by atoms with E-state index in [4.69, 9.17) is 28.3 Å². The molecule has 0 radical (unpaired) electrons. The molecule has 1 heterocycles. The molecule has 1 atom stereocenters. The zero-order chi connectivity index (χ0) is 10.7. The number of carbonyl (C=O) groups is 2. The molecule has 0 aliphatic carbocycles. The molecule has 80 valence electrons. The number of nitrogens with zero attached hydrogens (tertiary/aromatic N) is 1. The Morgan fingerprint density at radius 3 is 2.64 bits per heavy atom. The highest BCUT2D eigenvalue weighted by Crippen LogP contribution is 2.20. The van der Waals surface area contributed by atoms with Gasteiger partial charge >= 0.3 is 5.97 Å². The van der Waals surface area contributed by atoms with Crippen LogP contribution in [0, 0.1) is 0 Å². The number of halogens is 2. The van der Waals surface area contributed by atoms with E-state index in [-0.39, 0.29) is 12.3 Å². The van der Waals surface area contributed by atoms with Crippen LogP contribution in [0.4, 0.5) is 0 Å². The van der Waals surface area contributed by atoms with Crippen LogP contribution in [0.1, 0.15) is 19.3 Å². The summed E-state index contributed by atoms with van der Waals surface area (Å²) >= 11 is 10.9. The smallest absolute Gasteiger partial charge is 0.326 e. The monoisotopic (exact) mass is 239 g/mol. The van der Waals surface area contributed by atoms with Crippen molar-refractivity contribution in [1.82, 2.24) is 4.90 Å². The van der Waals surface area contributed by atoms with Crippen LogP contribution in [0.5, 0.6) is 0 Å². The van der Waals surface area contributed by atoms with Crippen molar-refractivity contribution in [1.29, 1.82) is 0 Å². The lowest BCUT2D eigenvalue weighted by Crippen LogP contribution is -2.40. The zero-order valence-electron chi connectivity index (χ0n) is 7.45. The average molecular weight is 240 g/mol. The van der Waals surface area contributed by atoms with E-state index in [1.54, 1.807) is 0 Å². The van der Waals surface area contributed by atoms with Crippen LogP contribution in [0.2, 0.25) is 0 Å². The number of carbonyl (C=O) groups excluding carboxylic acids is 1. The third kappa shape index (κ3) is 2.75. The molecule has 1 N–H and O–H groups in total. The molecule has 6 heteroatoms. The van der Waals surface area contributed by atoms with Crippen LogP contribution in [0.3, 0.4) is 0 Å². The van der Waals surface area contributed by atoms with E-state index in [0.717, 1.165) is 6.42 Å². The van der Waals surface area contributed by atoms with Crippen LogP contribution in [0.25, 0.3) is 0 Å². The number of carboxylic acid groups (broad SMARTS) is 1. The number of hydrogen-bond acceptors (Lipinski definition) is 2. The summed E-state index contributed by atoms with van der Waals surface area (Å²) in [6, 6.07) is -0.699. The molecule has 4 nitrogen and oxygen atoms in total. The number of alkyl halides is 2. The van der Waals surface area contributed by atoms with Crippen molar-refractivity contribution in [3.05, 3.63) is 0 Å². The first kappa shape index (κ1) is 11.6. The van der Waals surface area contributed by atoms with Gasteiger partial charge in [0, 0.05) is 6.54 Å². The maximum absolute atomic E-state index is 11.5. The van der Waals surface area contributed by atoms with E-state index in [1.165, 1.54) is 4.90 Å². The summed E-state index contributed by atoms with van der Waals surface area (Å²) in [6.45, 7) is 0.482. The summed E-state index contributed by atoms with van der Waals surface area (Å²) < 4.78 is 0. The molecule has 0 aromatic rings. The predicted molar refractivity (Wildman–Crippen MR) is 52.5 cm³/mol. The largest absolute Gasteiger partial charge is 0.480 e. The Morgan fingerprint density at radius 1 is 1.50 bits per heavy atom. The number of carboxylic acids is 1. The maximum Gasteiger partial charge on any atom is 0.326 e. The summed E-state index contributed by atoms with van der Waals surface area (Å²) in [5, 5.41) is 8.81. The van der Waals surface area contributed by atoms with Gasteiger partial charge in [0.25, 0.3) is 0 Å². The van der Waals surface area contributed by atoms with E-state index < -0.39 is 16.8 Å². The Labute approximate surface area is 91.8 Å². The molecule has 1 aliphatic heterocycles. The Hall–Kier alpha value is -0.480. The van der Waals surface area contributed by atoms with Gasteiger partial charge in [0.1, 0.15) is 10.9 Å². The molecule has 14 heavy (non-hydrogen) atoms. The molecule has 0 bridgehead atoms. The topological polar surface area (TPSA) is 57.6 Å². The molecule has 1 aliphatic rings. The van der Waals surface area contributed by atoms with Crippen LogP contribution in [-0.2, 0) is 9.59 Å². The highest BCUT2D eigenvalue weighted by molar-refractivity contribution is 6.45. The summed E-state index contributed by atoms with van der Waals surface area (Å²) in [4.78, 5) is 22.8. The average Bonchev–Trinajstić information content (AvgIpc) is 2.49. The van der Waals surface area contributed by atoms with Gasteiger partial charge in [-0.1, -0.05) is 0 Å². The molecular formula is C8H11Cl2NO3. The van der Waals surface area contributed by atoms with Crippen molar-refractivity contribution >= 4 is 35.1 Å². The number of aliphatic carboxylic acids is 1. The molecule has 0 aromatic heterocycles. The quantitative estimate of drug-likeness (QED) is 0.755. The Morgan fingerprint density at radius 2 is 2.14 bits per heavy atom. The first-order valence-electron chi connectivity index (χ1n) is 4.33. The van der Waals surface area contributed by atoms with Crippen molar-refractivity contribution in [2.45, 2.75) is 30.1 Å². The van der Waals surface area contributed by atoms with Gasteiger partial charge in [0.05, 0.1) is 6.42 Å². The molecule has 1 saturated heterocycles. The van der Waals surface area contributed by atoms with Crippen molar-refractivity contribution in [2.75, 3.05) is 6.54 Å². The normalized spacial score (nSPS) is 21.6. The molecule has 0 unspecified atom stereocenters. The minimum Gasteiger partial charge on any atom is -0.480 e. The molecular weight excluding hydrogens is 229 g/mol. The molecule has 1 rings (SSSR count). The molecule has 0 saturated carbocycles. The van der Waals surface area contributed by atoms with Crippen LogP contribution in [-0.4, -0.2) is 39.3 Å². The first-order valence-corrected chi connectivity index (χ1v) is 5.20. The highest BCUT2D eigenvalue weighted by Gasteiger charge is 2.34. The van der Waals surface area contributed by atoms with Crippen molar-refractivity contribution in [3.63, 3.8) is 0 Å². The highest BCUT2D eigenvalue weighted by atomic mass is 35.5. The number of rotatable bonds is 3. The summed E-state index contributed by atoms with van der Waals surface area (Å²) in [5.74, 6) is -1.25. The fraction of sp³-hybridized carbons (Fsp3) is 0.750. The lowest BCUT2D eigenvalue weighted by atomic mass is 10.2. The summed E-state index contributed by atoms with van der Waals surface area (Å²) in [6.07, 6.45) is 1.21.